The zero-order chi connectivity index (χ0) is 9.26. The molecule has 0 aromatic carbocycles. The molecule has 2 heterocycles. The molecule has 13 heavy (non-hydrogen) atoms. The number of halogens is 1. The van der Waals surface area contributed by atoms with Gasteiger partial charge in [0.05, 0.1) is 10.6 Å². The van der Waals surface area contributed by atoms with Gasteiger partial charge in [-0.1, -0.05) is 21.1 Å². The average Bonchev–Trinajstić information content (AvgIpc) is 2.71. The van der Waals surface area contributed by atoms with Gasteiger partial charge in [-0.2, -0.15) is 0 Å². The molecule has 2 rings (SSSR count). The molecule has 0 unspecified atom stereocenters. The minimum absolute atomic E-state index is 0.737. The summed E-state index contributed by atoms with van der Waals surface area (Å²) in [5, 5.41) is 6.71. The molecule has 0 aliphatic rings. The Hall–Kier alpha value is -0.610. The predicted octanol–water partition coefficient (Wildman–Crippen LogP) is 3.61. The lowest BCUT2D eigenvalue weighted by Crippen LogP contribution is -1.71. The standard InChI is InChI=1S/C9H8BrNOS/c1-6-2-3-13-9(6)8-4-7(5-10)11-12-8/h2-4H,5H2,1H3. The maximum Gasteiger partial charge on any atom is 0.177 e. The van der Waals surface area contributed by atoms with Crippen molar-refractivity contribution < 1.29 is 4.52 Å². The van der Waals surface area contributed by atoms with E-state index in [9.17, 15) is 0 Å². The van der Waals surface area contributed by atoms with Crippen LogP contribution in [0, 0.1) is 6.92 Å². The summed E-state index contributed by atoms with van der Waals surface area (Å²) in [6.45, 7) is 2.07. The molecule has 0 saturated carbocycles. The SMILES string of the molecule is Cc1ccsc1-c1cc(CBr)no1. The van der Waals surface area contributed by atoms with Gasteiger partial charge >= 0.3 is 0 Å². The second-order valence-corrected chi connectivity index (χ2v) is 4.23. The third-order valence-electron chi connectivity index (χ3n) is 1.78. The van der Waals surface area contributed by atoms with E-state index in [1.807, 2.05) is 6.07 Å². The highest BCUT2D eigenvalue weighted by Crippen LogP contribution is 2.29. The van der Waals surface area contributed by atoms with Gasteiger partial charge < -0.3 is 4.52 Å². The van der Waals surface area contributed by atoms with Crippen LogP contribution in [0.2, 0.25) is 0 Å². The van der Waals surface area contributed by atoms with Crippen LogP contribution in [0.5, 0.6) is 0 Å². The first-order valence-corrected chi connectivity index (χ1v) is 5.87. The first kappa shape index (κ1) is 8.97. The molecule has 0 aliphatic carbocycles. The zero-order valence-corrected chi connectivity index (χ0v) is 9.48. The van der Waals surface area contributed by atoms with Crippen molar-refractivity contribution in [2.45, 2.75) is 12.3 Å². The molecular formula is C9H8BrNOS. The largest absolute Gasteiger partial charge is 0.355 e. The molecule has 0 atom stereocenters. The van der Waals surface area contributed by atoms with Crippen molar-refractivity contribution in [3.63, 3.8) is 0 Å². The van der Waals surface area contributed by atoms with Crippen LogP contribution in [0.1, 0.15) is 11.3 Å². The van der Waals surface area contributed by atoms with Crippen LogP contribution in [-0.4, -0.2) is 5.16 Å². The Morgan fingerprint density at radius 3 is 3.00 bits per heavy atom. The van der Waals surface area contributed by atoms with E-state index in [2.05, 4.69) is 39.5 Å². The molecular weight excluding hydrogens is 250 g/mol. The van der Waals surface area contributed by atoms with Crippen molar-refractivity contribution in [1.29, 1.82) is 0 Å². The maximum atomic E-state index is 5.21. The molecule has 2 aromatic heterocycles. The molecule has 0 aliphatic heterocycles. The number of hydrogen-bond acceptors (Lipinski definition) is 3. The predicted molar refractivity (Wildman–Crippen MR) is 57.2 cm³/mol. The summed E-state index contributed by atoms with van der Waals surface area (Å²) in [5.41, 5.74) is 2.17. The number of aromatic nitrogens is 1. The van der Waals surface area contributed by atoms with Gasteiger partial charge in [-0.15, -0.1) is 11.3 Å². The van der Waals surface area contributed by atoms with E-state index in [-0.39, 0.29) is 0 Å². The van der Waals surface area contributed by atoms with Crippen molar-refractivity contribution in [2.24, 2.45) is 0 Å². The quantitative estimate of drug-likeness (QED) is 0.769. The van der Waals surface area contributed by atoms with Crippen molar-refractivity contribution in [3.8, 4) is 10.6 Å². The summed E-state index contributed by atoms with van der Waals surface area (Å²) >= 11 is 5.01. The fourth-order valence-corrected chi connectivity index (χ4v) is 2.25. The number of nitrogens with zero attached hydrogens (tertiary/aromatic N) is 1. The molecule has 68 valence electrons. The summed E-state index contributed by atoms with van der Waals surface area (Å²) in [7, 11) is 0. The first-order valence-electron chi connectivity index (χ1n) is 3.87. The van der Waals surface area contributed by atoms with Gasteiger partial charge in [0.1, 0.15) is 0 Å². The third-order valence-corrected chi connectivity index (χ3v) is 3.39. The first-order chi connectivity index (χ1) is 6.31. The van der Waals surface area contributed by atoms with Crippen LogP contribution in [0.3, 0.4) is 0 Å². The van der Waals surface area contributed by atoms with Crippen LogP contribution in [-0.2, 0) is 5.33 Å². The van der Waals surface area contributed by atoms with Crippen molar-refractivity contribution in [3.05, 3.63) is 28.8 Å². The molecule has 0 fully saturated rings. The Labute approximate surface area is 88.7 Å². The van der Waals surface area contributed by atoms with Crippen LogP contribution < -0.4 is 0 Å². The summed E-state index contributed by atoms with van der Waals surface area (Å²) in [4.78, 5) is 1.17. The molecule has 0 amide bonds. The highest BCUT2D eigenvalue weighted by Gasteiger charge is 2.09. The molecule has 0 spiro atoms. The number of thiophene rings is 1. The topological polar surface area (TPSA) is 26.0 Å². The molecule has 2 nitrogen and oxygen atoms in total. The average molecular weight is 258 g/mol. The van der Waals surface area contributed by atoms with Gasteiger partial charge in [-0.05, 0) is 23.9 Å². The summed E-state index contributed by atoms with van der Waals surface area (Å²) in [6, 6.07) is 4.05. The normalized spacial score (nSPS) is 10.6. The van der Waals surface area contributed by atoms with Crippen LogP contribution in [0.15, 0.2) is 22.0 Å². The number of aryl methyl sites for hydroxylation is 1. The molecule has 0 bridgehead atoms. The smallest absolute Gasteiger partial charge is 0.177 e. The van der Waals surface area contributed by atoms with E-state index in [1.54, 1.807) is 11.3 Å². The van der Waals surface area contributed by atoms with Crippen molar-refractivity contribution in [2.75, 3.05) is 0 Å². The fraction of sp³-hybridized carbons (Fsp3) is 0.222. The van der Waals surface area contributed by atoms with Gasteiger partial charge in [0.25, 0.3) is 0 Å². The Kier molecular flexibility index (Phi) is 2.51. The van der Waals surface area contributed by atoms with E-state index in [0.717, 1.165) is 16.8 Å². The lowest BCUT2D eigenvalue weighted by molar-refractivity contribution is 0.427. The molecule has 0 N–H and O–H groups in total. The van der Waals surface area contributed by atoms with Crippen molar-refractivity contribution >= 4 is 27.3 Å². The highest BCUT2D eigenvalue weighted by atomic mass is 79.9. The minimum Gasteiger partial charge on any atom is -0.355 e. The van der Waals surface area contributed by atoms with Crippen LogP contribution >= 0.6 is 27.3 Å². The van der Waals surface area contributed by atoms with Crippen LogP contribution in [0.25, 0.3) is 10.6 Å². The van der Waals surface area contributed by atoms with E-state index < -0.39 is 0 Å². The third kappa shape index (κ3) is 1.69. The van der Waals surface area contributed by atoms with Gasteiger partial charge in [0, 0.05) is 11.4 Å². The molecule has 0 radical (unpaired) electrons. The lowest BCUT2D eigenvalue weighted by Gasteiger charge is -1.89. The number of alkyl halides is 1. The Bertz CT molecular complexity index is 407. The zero-order valence-electron chi connectivity index (χ0n) is 7.08. The molecule has 0 saturated heterocycles. The van der Waals surface area contributed by atoms with E-state index in [1.165, 1.54) is 10.4 Å². The van der Waals surface area contributed by atoms with Gasteiger partial charge in [0.15, 0.2) is 5.76 Å². The Balaban J connectivity index is 2.41. The Morgan fingerprint density at radius 2 is 2.46 bits per heavy atom. The number of hydrogen-bond donors (Lipinski definition) is 0. The van der Waals surface area contributed by atoms with E-state index in [0.29, 0.717) is 0 Å². The van der Waals surface area contributed by atoms with Gasteiger partial charge in [-0.3, -0.25) is 0 Å². The molecule has 4 heteroatoms. The summed E-state index contributed by atoms with van der Waals surface area (Å²) in [6.07, 6.45) is 0. The van der Waals surface area contributed by atoms with Crippen LogP contribution in [0.4, 0.5) is 0 Å². The van der Waals surface area contributed by atoms with E-state index in [4.69, 9.17) is 4.52 Å². The Morgan fingerprint density at radius 1 is 1.62 bits per heavy atom. The second kappa shape index (κ2) is 3.64. The summed E-state index contributed by atoms with van der Waals surface area (Å²) in [5.74, 6) is 0.863. The van der Waals surface area contributed by atoms with Gasteiger partial charge in [-0.25, -0.2) is 0 Å². The van der Waals surface area contributed by atoms with Crippen molar-refractivity contribution in [1.82, 2.24) is 5.16 Å². The summed E-state index contributed by atoms with van der Waals surface area (Å²) < 4.78 is 5.21. The number of rotatable bonds is 2. The highest BCUT2D eigenvalue weighted by molar-refractivity contribution is 9.08. The monoisotopic (exact) mass is 257 g/mol. The van der Waals surface area contributed by atoms with E-state index >= 15 is 0 Å². The second-order valence-electron chi connectivity index (χ2n) is 2.75. The maximum absolute atomic E-state index is 5.21. The minimum atomic E-state index is 0.737. The van der Waals surface area contributed by atoms with Gasteiger partial charge in [0.2, 0.25) is 0 Å². The lowest BCUT2D eigenvalue weighted by atomic mass is 10.2. The molecule has 2 aromatic rings. The fourth-order valence-electron chi connectivity index (χ4n) is 1.11.